The first-order valence-electron chi connectivity index (χ1n) is 6.12. The molecule has 0 bridgehead atoms. The number of aliphatic hydroxyl groups excluding tert-OH is 1. The molecule has 0 radical (unpaired) electrons. The van der Waals surface area contributed by atoms with Crippen molar-refractivity contribution in [2.24, 2.45) is 5.92 Å². The Morgan fingerprint density at radius 3 is 2.89 bits per heavy atom. The zero-order valence-electron chi connectivity index (χ0n) is 10.6. The summed E-state index contributed by atoms with van der Waals surface area (Å²) in [5.74, 6) is -0.0330. The number of aromatic nitrogens is 1. The number of amides is 1. The summed E-state index contributed by atoms with van der Waals surface area (Å²) in [6.45, 7) is 4.11. The number of para-hydroxylation sites is 1. The standard InChI is InChI=1S/C14H18N2O2/c1-9(2)12(17)8-16-14(18)11-5-3-4-10-6-7-15-13(10)11/h3-7,9,12,15,17H,8H2,1-2H3,(H,16,18). The monoisotopic (exact) mass is 246 g/mol. The van der Waals surface area contributed by atoms with Gasteiger partial charge in [-0.05, 0) is 18.1 Å². The molecular formula is C14H18N2O2. The number of H-pyrrole nitrogens is 1. The van der Waals surface area contributed by atoms with Crippen LogP contribution in [0.3, 0.4) is 0 Å². The second-order valence-electron chi connectivity index (χ2n) is 4.77. The van der Waals surface area contributed by atoms with Gasteiger partial charge in [-0.2, -0.15) is 0 Å². The third-order valence-corrected chi connectivity index (χ3v) is 3.07. The maximum Gasteiger partial charge on any atom is 0.253 e. The van der Waals surface area contributed by atoms with Crippen molar-refractivity contribution >= 4 is 16.8 Å². The Kier molecular flexibility index (Phi) is 3.67. The van der Waals surface area contributed by atoms with Crippen molar-refractivity contribution in [2.45, 2.75) is 20.0 Å². The van der Waals surface area contributed by atoms with Crippen LogP contribution in [-0.4, -0.2) is 28.6 Å². The Balaban J connectivity index is 2.12. The van der Waals surface area contributed by atoms with Crippen LogP contribution < -0.4 is 5.32 Å². The van der Waals surface area contributed by atoms with Crippen molar-refractivity contribution in [3.8, 4) is 0 Å². The van der Waals surface area contributed by atoms with E-state index in [4.69, 9.17) is 0 Å². The fourth-order valence-electron chi connectivity index (χ4n) is 1.80. The lowest BCUT2D eigenvalue weighted by Crippen LogP contribution is -2.34. The molecule has 0 aliphatic rings. The van der Waals surface area contributed by atoms with Crippen molar-refractivity contribution in [3.63, 3.8) is 0 Å². The van der Waals surface area contributed by atoms with E-state index in [1.807, 2.05) is 38.2 Å². The van der Waals surface area contributed by atoms with Gasteiger partial charge in [0.2, 0.25) is 0 Å². The molecule has 0 fully saturated rings. The van der Waals surface area contributed by atoms with Crippen LogP contribution >= 0.6 is 0 Å². The summed E-state index contributed by atoms with van der Waals surface area (Å²) in [5, 5.41) is 13.4. The second kappa shape index (κ2) is 5.23. The summed E-state index contributed by atoms with van der Waals surface area (Å²) in [7, 11) is 0. The van der Waals surface area contributed by atoms with E-state index < -0.39 is 6.10 Å². The second-order valence-corrected chi connectivity index (χ2v) is 4.77. The van der Waals surface area contributed by atoms with Crippen LogP contribution in [0.2, 0.25) is 0 Å². The van der Waals surface area contributed by atoms with Gasteiger partial charge in [0.15, 0.2) is 0 Å². The van der Waals surface area contributed by atoms with E-state index in [9.17, 15) is 9.90 Å². The minimum atomic E-state index is -0.517. The molecule has 1 atom stereocenters. The van der Waals surface area contributed by atoms with E-state index in [1.54, 1.807) is 6.07 Å². The Morgan fingerprint density at radius 1 is 1.39 bits per heavy atom. The van der Waals surface area contributed by atoms with E-state index in [1.165, 1.54) is 0 Å². The molecule has 0 saturated heterocycles. The Labute approximate surface area is 106 Å². The molecule has 0 spiro atoms. The van der Waals surface area contributed by atoms with Crippen molar-refractivity contribution in [2.75, 3.05) is 6.54 Å². The van der Waals surface area contributed by atoms with Crippen molar-refractivity contribution in [3.05, 3.63) is 36.0 Å². The number of benzene rings is 1. The smallest absolute Gasteiger partial charge is 0.253 e. The molecule has 1 aromatic carbocycles. The molecule has 1 heterocycles. The lowest BCUT2D eigenvalue weighted by atomic mass is 10.1. The van der Waals surface area contributed by atoms with Crippen LogP contribution in [0, 0.1) is 5.92 Å². The fraction of sp³-hybridized carbons (Fsp3) is 0.357. The number of nitrogens with one attached hydrogen (secondary N) is 2. The number of aliphatic hydroxyl groups is 1. The maximum atomic E-state index is 12.0. The topological polar surface area (TPSA) is 65.1 Å². The van der Waals surface area contributed by atoms with Gasteiger partial charge in [0.25, 0.3) is 5.91 Å². The Hall–Kier alpha value is -1.81. The predicted octanol–water partition coefficient (Wildman–Crippen LogP) is 1.91. The highest BCUT2D eigenvalue weighted by Gasteiger charge is 2.14. The summed E-state index contributed by atoms with van der Waals surface area (Å²) in [4.78, 5) is 15.1. The molecule has 1 aromatic heterocycles. The number of hydrogen-bond donors (Lipinski definition) is 3. The number of hydrogen-bond acceptors (Lipinski definition) is 2. The number of rotatable bonds is 4. The largest absolute Gasteiger partial charge is 0.391 e. The van der Waals surface area contributed by atoms with Crippen molar-refractivity contribution < 1.29 is 9.90 Å². The first-order valence-corrected chi connectivity index (χ1v) is 6.12. The average Bonchev–Trinajstić information content (AvgIpc) is 2.83. The van der Waals surface area contributed by atoms with Gasteiger partial charge in [-0.25, -0.2) is 0 Å². The van der Waals surface area contributed by atoms with E-state index in [-0.39, 0.29) is 18.4 Å². The summed E-state index contributed by atoms with van der Waals surface area (Å²) in [6, 6.07) is 7.50. The number of carbonyl (C=O) groups is 1. The van der Waals surface area contributed by atoms with Gasteiger partial charge >= 0.3 is 0 Å². The quantitative estimate of drug-likeness (QED) is 0.771. The van der Waals surface area contributed by atoms with Gasteiger partial charge < -0.3 is 15.4 Å². The molecule has 0 aliphatic carbocycles. The van der Waals surface area contributed by atoms with Crippen LogP contribution in [0.5, 0.6) is 0 Å². The van der Waals surface area contributed by atoms with Gasteiger partial charge in [0.1, 0.15) is 0 Å². The molecule has 1 unspecified atom stereocenters. The summed E-state index contributed by atoms with van der Waals surface area (Å²) >= 11 is 0. The van der Waals surface area contributed by atoms with E-state index in [2.05, 4.69) is 10.3 Å². The third kappa shape index (κ3) is 2.54. The molecule has 1 amide bonds. The normalized spacial score (nSPS) is 12.9. The minimum Gasteiger partial charge on any atom is -0.391 e. The number of fused-ring (bicyclic) bond motifs is 1. The SMILES string of the molecule is CC(C)C(O)CNC(=O)c1cccc2cc[nH]c12. The molecule has 3 N–H and O–H groups in total. The molecule has 4 heteroatoms. The average molecular weight is 246 g/mol. The van der Waals surface area contributed by atoms with Crippen LogP contribution in [-0.2, 0) is 0 Å². The Morgan fingerprint density at radius 2 is 2.17 bits per heavy atom. The van der Waals surface area contributed by atoms with Gasteiger partial charge in [-0.3, -0.25) is 4.79 Å². The summed E-state index contributed by atoms with van der Waals surface area (Å²) in [6.07, 6.45) is 1.29. The van der Waals surface area contributed by atoms with E-state index in [0.29, 0.717) is 5.56 Å². The zero-order chi connectivity index (χ0) is 13.1. The molecule has 2 rings (SSSR count). The van der Waals surface area contributed by atoms with Crippen LogP contribution in [0.4, 0.5) is 0 Å². The van der Waals surface area contributed by atoms with E-state index in [0.717, 1.165) is 10.9 Å². The number of carbonyl (C=O) groups excluding carboxylic acids is 1. The Bertz CT molecular complexity index is 545. The molecule has 2 aromatic rings. The van der Waals surface area contributed by atoms with Gasteiger partial charge in [0, 0.05) is 18.1 Å². The molecule has 96 valence electrons. The lowest BCUT2D eigenvalue weighted by molar-refractivity contribution is 0.0873. The third-order valence-electron chi connectivity index (χ3n) is 3.07. The van der Waals surface area contributed by atoms with Crippen molar-refractivity contribution in [1.82, 2.24) is 10.3 Å². The van der Waals surface area contributed by atoms with Crippen LogP contribution in [0.25, 0.3) is 10.9 Å². The maximum absolute atomic E-state index is 12.0. The highest BCUT2D eigenvalue weighted by molar-refractivity contribution is 6.05. The predicted molar refractivity (Wildman–Crippen MR) is 71.5 cm³/mol. The summed E-state index contributed by atoms with van der Waals surface area (Å²) < 4.78 is 0. The molecule has 0 saturated carbocycles. The minimum absolute atomic E-state index is 0.131. The highest BCUT2D eigenvalue weighted by Crippen LogP contribution is 2.16. The van der Waals surface area contributed by atoms with Crippen LogP contribution in [0.1, 0.15) is 24.2 Å². The van der Waals surface area contributed by atoms with Crippen LogP contribution in [0.15, 0.2) is 30.5 Å². The first kappa shape index (κ1) is 12.6. The highest BCUT2D eigenvalue weighted by atomic mass is 16.3. The first-order chi connectivity index (χ1) is 8.59. The molecule has 4 nitrogen and oxygen atoms in total. The molecule has 0 aliphatic heterocycles. The number of aromatic amines is 1. The van der Waals surface area contributed by atoms with Gasteiger partial charge in [0.05, 0.1) is 17.2 Å². The van der Waals surface area contributed by atoms with Gasteiger partial charge in [-0.1, -0.05) is 26.0 Å². The van der Waals surface area contributed by atoms with E-state index >= 15 is 0 Å². The summed E-state index contributed by atoms with van der Waals surface area (Å²) in [5.41, 5.74) is 1.43. The van der Waals surface area contributed by atoms with Gasteiger partial charge in [-0.15, -0.1) is 0 Å². The zero-order valence-corrected chi connectivity index (χ0v) is 10.6. The lowest BCUT2D eigenvalue weighted by Gasteiger charge is -2.15. The molecular weight excluding hydrogens is 228 g/mol. The van der Waals surface area contributed by atoms with Crippen molar-refractivity contribution in [1.29, 1.82) is 0 Å². The molecule has 18 heavy (non-hydrogen) atoms. The fourth-order valence-corrected chi connectivity index (χ4v) is 1.80.